The van der Waals surface area contributed by atoms with Crippen molar-refractivity contribution >= 4 is 0 Å². The Hall–Kier alpha value is -2.67. The lowest BCUT2D eigenvalue weighted by Gasteiger charge is -2.25. The number of furan rings is 1. The molecule has 0 amide bonds. The Kier molecular flexibility index (Phi) is 4.71. The van der Waals surface area contributed by atoms with Crippen LogP contribution in [0.2, 0.25) is 0 Å². The van der Waals surface area contributed by atoms with Gasteiger partial charge in [-0.15, -0.1) is 10.2 Å². The van der Waals surface area contributed by atoms with E-state index in [9.17, 15) is 0 Å². The van der Waals surface area contributed by atoms with Crippen LogP contribution in [-0.4, -0.2) is 37.2 Å². The van der Waals surface area contributed by atoms with Crippen molar-refractivity contribution in [2.24, 2.45) is 0 Å². The lowest BCUT2D eigenvalue weighted by molar-refractivity contribution is 0.185. The van der Waals surface area contributed by atoms with Crippen LogP contribution in [0.5, 0.6) is 5.75 Å². The summed E-state index contributed by atoms with van der Waals surface area (Å²) in [5, 5.41) is 8.72. The van der Waals surface area contributed by atoms with Crippen molar-refractivity contribution in [3.05, 3.63) is 59.8 Å². The van der Waals surface area contributed by atoms with Crippen molar-refractivity contribution in [3.63, 3.8) is 0 Å². The summed E-state index contributed by atoms with van der Waals surface area (Å²) in [7, 11) is 0. The minimum atomic E-state index is 0.373. The molecule has 3 aromatic heterocycles. The third-order valence-electron chi connectivity index (χ3n) is 4.77. The standard InChI is InChI=1S/C19H23N5O2/c1-14-10-18-21-22-19(13-25-16-4-3-7-20-11-16)24(18)9-8-23(14)12-17-6-5-15(2)26-17/h3-7,11,14H,8-10,12-13H2,1-2H3/t14-/m1/s1. The molecule has 0 radical (unpaired) electrons. The fraction of sp³-hybridized carbons (Fsp3) is 0.421. The van der Waals surface area contributed by atoms with Crippen LogP contribution in [0.4, 0.5) is 0 Å². The van der Waals surface area contributed by atoms with E-state index < -0.39 is 0 Å². The summed E-state index contributed by atoms with van der Waals surface area (Å²) in [6.07, 6.45) is 4.29. The summed E-state index contributed by atoms with van der Waals surface area (Å²) >= 11 is 0. The summed E-state index contributed by atoms with van der Waals surface area (Å²) < 4.78 is 13.7. The van der Waals surface area contributed by atoms with E-state index in [0.29, 0.717) is 12.6 Å². The van der Waals surface area contributed by atoms with Crippen molar-refractivity contribution in [3.8, 4) is 5.75 Å². The third kappa shape index (κ3) is 3.62. The molecule has 0 fully saturated rings. The lowest BCUT2D eigenvalue weighted by Crippen LogP contribution is -2.34. The number of hydrogen-bond donors (Lipinski definition) is 0. The fourth-order valence-corrected chi connectivity index (χ4v) is 3.32. The SMILES string of the molecule is Cc1ccc(CN2CCn3c(COc4cccnc4)nnc3C[C@H]2C)o1. The zero-order valence-electron chi connectivity index (χ0n) is 15.1. The summed E-state index contributed by atoms with van der Waals surface area (Å²) in [5.74, 6) is 4.57. The van der Waals surface area contributed by atoms with Crippen LogP contribution >= 0.6 is 0 Å². The molecule has 136 valence electrons. The van der Waals surface area contributed by atoms with Crippen LogP contribution in [0.1, 0.15) is 30.1 Å². The molecular weight excluding hydrogens is 330 g/mol. The quantitative estimate of drug-likeness (QED) is 0.702. The molecule has 1 aliphatic rings. The number of hydrogen-bond acceptors (Lipinski definition) is 6. The molecule has 1 aliphatic heterocycles. The van der Waals surface area contributed by atoms with Gasteiger partial charge in [-0.05, 0) is 38.1 Å². The van der Waals surface area contributed by atoms with Crippen molar-refractivity contribution in [2.75, 3.05) is 6.54 Å². The number of ether oxygens (including phenoxy) is 1. The number of nitrogens with zero attached hydrogens (tertiary/aromatic N) is 5. The molecule has 7 nitrogen and oxygen atoms in total. The molecule has 1 atom stereocenters. The van der Waals surface area contributed by atoms with E-state index in [-0.39, 0.29) is 0 Å². The van der Waals surface area contributed by atoms with Gasteiger partial charge >= 0.3 is 0 Å². The Balaban J connectivity index is 1.44. The van der Waals surface area contributed by atoms with Gasteiger partial charge in [0, 0.05) is 31.7 Å². The Morgan fingerprint density at radius 2 is 2.15 bits per heavy atom. The fourth-order valence-electron chi connectivity index (χ4n) is 3.32. The number of pyridine rings is 1. The van der Waals surface area contributed by atoms with Crippen molar-refractivity contribution in [1.82, 2.24) is 24.6 Å². The molecule has 0 N–H and O–H groups in total. The van der Waals surface area contributed by atoms with Gasteiger partial charge in [-0.3, -0.25) is 9.88 Å². The third-order valence-corrected chi connectivity index (χ3v) is 4.77. The van der Waals surface area contributed by atoms with E-state index in [1.165, 1.54) is 0 Å². The first-order chi connectivity index (χ1) is 12.7. The van der Waals surface area contributed by atoms with Gasteiger partial charge in [0.2, 0.25) is 0 Å². The van der Waals surface area contributed by atoms with Gasteiger partial charge < -0.3 is 13.7 Å². The van der Waals surface area contributed by atoms with Gasteiger partial charge in [-0.2, -0.15) is 0 Å². The van der Waals surface area contributed by atoms with Crippen LogP contribution in [0.15, 0.2) is 41.1 Å². The molecule has 4 heterocycles. The van der Waals surface area contributed by atoms with Crippen LogP contribution < -0.4 is 4.74 Å². The van der Waals surface area contributed by atoms with Crippen LogP contribution in [0, 0.1) is 6.92 Å². The van der Waals surface area contributed by atoms with Gasteiger partial charge in [0.1, 0.15) is 29.7 Å². The van der Waals surface area contributed by atoms with E-state index in [4.69, 9.17) is 9.15 Å². The maximum Gasteiger partial charge on any atom is 0.171 e. The first-order valence-corrected chi connectivity index (χ1v) is 8.92. The predicted octanol–water partition coefficient (Wildman–Crippen LogP) is 2.60. The van der Waals surface area contributed by atoms with E-state index in [0.717, 1.165) is 55.0 Å². The van der Waals surface area contributed by atoms with Crippen LogP contribution in [0.3, 0.4) is 0 Å². The Morgan fingerprint density at radius 3 is 2.92 bits per heavy atom. The summed E-state index contributed by atoms with van der Waals surface area (Å²) in [5.41, 5.74) is 0. The molecular formula is C19H23N5O2. The summed E-state index contributed by atoms with van der Waals surface area (Å²) in [6.45, 7) is 7.18. The summed E-state index contributed by atoms with van der Waals surface area (Å²) in [6, 6.07) is 8.19. The minimum absolute atomic E-state index is 0.373. The Labute approximate surface area is 152 Å². The lowest BCUT2D eigenvalue weighted by atomic mass is 10.2. The maximum absolute atomic E-state index is 5.79. The molecule has 3 aromatic rings. The molecule has 0 spiro atoms. The number of rotatable bonds is 5. The van der Waals surface area contributed by atoms with Gasteiger partial charge in [-0.25, -0.2) is 0 Å². The highest BCUT2D eigenvalue weighted by Gasteiger charge is 2.24. The number of aryl methyl sites for hydroxylation is 1. The molecule has 0 aromatic carbocycles. The Morgan fingerprint density at radius 1 is 1.23 bits per heavy atom. The Bertz CT molecular complexity index is 858. The predicted molar refractivity (Wildman–Crippen MR) is 95.6 cm³/mol. The minimum Gasteiger partial charge on any atom is -0.484 e. The first kappa shape index (κ1) is 16.8. The first-order valence-electron chi connectivity index (χ1n) is 8.92. The number of fused-ring (bicyclic) bond motifs is 1. The largest absolute Gasteiger partial charge is 0.484 e. The molecule has 7 heteroatoms. The van der Waals surface area contributed by atoms with E-state index in [2.05, 4.69) is 37.6 Å². The van der Waals surface area contributed by atoms with Gasteiger partial charge in [-0.1, -0.05) is 0 Å². The second kappa shape index (κ2) is 7.29. The summed E-state index contributed by atoms with van der Waals surface area (Å²) in [4.78, 5) is 6.49. The van der Waals surface area contributed by atoms with E-state index in [1.807, 2.05) is 25.1 Å². The molecule has 0 unspecified atom stereocenters. The topological polar surface area (TPSA) is 69.2 Å². The molecule has 26 heavy (non-hydrogen) atoms. The maximum atomic E-state index is 5.79. The van der Waals surface area contributed by atoms with E-state index in [1.54, 1.807) is 12.4 Å². The average molecular weight is 353 g/mol. The highest BCUT2D eigenvalue weighted by Crippen LogP contribution is 2.19. The molecule has 0 saturated heterocycles. The van der Waals surface area contributed by atoms with Gasteiger partial charge in [0.15, 0.2) is 5.82 Å². The molecule has 0 saturated carbocycles. The highest BCUT2D eigenvalue weighted by atomic mass is 16.5. The van der Waals surface area contributed by atoms with Crippen molar-refractivity contribution in [1.29, 1.82) is 0 Å². The van der Waals surface area contributed by atoms with Crippen molar-refractivity contribution < 1.29 is 9.15 Å². The van der Waals surface area contributed by atoms with Crippen LogP contribution in [-0.2, 0) is 26.1 Å². The van der Waals surface area contributed by atoms with Crippen molar-refractivity contribution in [2.45, 2.75) is 46.0 Å². The normalized spacial score (nSPS) is 17.7. The monoisotopic (exact) mass is 353 g/mol. The highest BCUT2D eigenvalue weighted by molar-refractivity contribution is 5.15. The smallest absolute Gasteiger partial charge is 0.171 e. The average Bonchev–Trinajstić information content (AvgIpc) is 3.19. The van der Waals surface area contributed by atoms with Gasteiger partial charge in [0.25, 0.3) is 0 Å². The number of aromatic nitrogens is 4. The molecule has 0 aliphatic carbocycles. The second-order valence-electron chi connectivity index (χ2n) is 6.70. The zero-order chi connectivity index (χ0) is 17.9. The van der Waals surface area contributed by atoms with Crippen LogP contribution in [0.25, 0.3) is 0 Å². The zero-order valence-corrected chi connectivity index (χ0v) is 15.1. The molecule has 4 rings (SSSR count). The molecule has 0 bridgehead atoms. The van der Waals surface area contributed by atoms with Gasteiger partial charge in [0.05, 0.1) is 12.7 Å². The second-order valence-corrected chi connectivity index (χ2v) is 6.70. The van der Waals surface area contributed by atoms with E-state index >= 15 is 0 Å².